The average Bonchev–Trinajstić information content (AvgIpc) is 3.15. The molecule has 27 heavy (non-hydrogen) atoms. The fourth-order valence-corrected chi connectivity index (χ4v) is 5.22. The van der Waals surface area contributed by atoms with E-state index in [1.165, 1.54) is 0 Å². The molecule has 2 aliphatic rings. The molecule has 142 valence electrons. The van der Waals surface area contributed by atoms with Gasteiger partial charge in [-0.15, -0.1) is 0 Å². The molecule has 7 heteroatoms. The first-order valence-electron chi connectivity index (χ1n) is 9.01. The van der Waals surface area contributed by atoms with E-state index in [-0.39, 0.29) is 29.2 Å². The topological polar surface area (TPSA) is 72.9 Å². The van der Waals surface area contributed by atoms with Crippen LogP contribution in [0.3, 0.4) is 0 Å². The van der Waals surface area contributed by atoms with Crippen LogP contribution in [0.5, 0.6) is 11.5 Å². The molecular weight excluding hydrogens is 366 g/mol. The Hall–Kier alpha value is -2.54. The third kappa shape index (κ3) is 3.64. The van der Waals surface area contributed by atoms with Crippen LogP contribution in [-0.4, -0.2) is 50.3 Å². The number of benzene rings is 2. The highest BCUT2D eigenvalue weighted by molar-refractivity contribution is 7.91. The van der Waals surface area contributed by atoms with Gasteiger partial charge in [0.15, 0.2) is 21.3 Å². The van der Waals surface area contributed by atoms with Crippen LogP contribution >= 0.6 is 0 Å². The lowest BCUT2D eigenvalue weighted by molar-refractivity contribution is -0.141. The number of likely N-dealkylation sites (tertiary alicyclic amines) is 1. The normalized spacial score (nSPS) is 21.9. The Labute approximate surface area is 158 Å². The zero-order valence-electron chi connectivity index (χ0n) is 14.8. The van der Waals surface area contributed by atoms with Gasteiger partial charge < -0.3 is 14.4 Å². The first-order valence-corrected chi connectivity index (χ1v) is 10.7. The summed E-state index contributed by atoms with van der Waals surface area (Å²) in [7, 11) is -3.46. The minimum Gasteiger partial charge on any atom is -0.485 e. The lowest BCUT2D eigenvalue weighted by Crippen LogP contribution is -2.49. The molecule has 2 aromatic rings. The number of rotatable bonds is 4. The summed E-state index contributed by atoms with van der Waals surface area (Å²) in [4.78, 5) is 14.9. The highest BCUT2D eigenvalue weighted by atomic mass is 32.2. The van der Waals surface area contributed by atoms with Crippen molar-refractivity contribution >= 4 is 15.7 Å². The lowest BCUT2D eigenvalue weighted by atomic mass is 10.2. The van der Waals surface area contributed by atoms with Gasteiger partial charge in [0.05, 0.1) is 10.6 Å². The number of ether oxygens (including phenoxy) is 2. The van der Waals surface area contributed by atoms with Crippen molar-refractivity contribution in [2.45, 2.75) is 29.9 Å². The Morgan fingerprint density at radius 3 is 2.52 bits per heavy atom. The van der Waals surface area contributed by atoms with Crippen molar-refractivity contribution in [3.05, 3.63) is 54.6 Å². The van der Waals surface area contributed by atoms with Crippen molar-refractivity contribution in [2.75, 3.05) is 18.9 Å². The molecule has 0 radical (unpaired) electrons. The van der Waals surface area contributed by atoms with Gasteiger partial charge in [0.1, 0.15) is 6.61 Å². The van der Waals surface area contributed by atoms with Gasteiger partial charge in [0, 0.05) is 12.6 Å². The predicted molar refractivity (Wildman–Crippen MR) is 99.6 cm³/mol. The van der Waals surface area contributed by atoms with Crippen molar-refractivity contribution < 1.29 is 22.7 Å². The standard InChI is InChI=1S/C20H21NO5S/c22-20(19-13-25-17-10-4-5-11-18(17)26-19)21-12-6-7-15(21)14-27(23,24)16-8-2-1-3-9-16/h1-5,8-11,15,19H,6-7,12-14H2. The summed E-state index contributed by atoms with van der Waals surface area (Å²) in [6.45, 7) is 0.666. The SMILES string of the molecule is O=C(C1COc2ccccc2O1)N1CCCC1CS(=O)(=O)c1ccccc1. The van der Waals surface area contributed by atoms with Crippen molar-refractivity contribution in [1.82, 2.24) is 4.90 Å². The van der Waals surface area contributed by atoms with Crippen LogP contribution in [0.15, 0.2) is 59.5 Å². The van der Waals surface area contributed by atoms with Crippen molar-refractivity contribution in [1.29, 1.82) is 0 Å². The number of carbonyl (C=O) groups excluding carboxylic acids is 1. The van der Waals surface area contributed by atoms with E-state index in [4.69, 9.17) is 9.47 Å². The van der Waals surface area contributed by atoms with Gasteiger partial charge in [-0.1, -0.05) is 30.3 Å². The number of nitrogens with zero attached hydrogens (tertiary/aromatic N) is 1. The van der Waals surface area contributed by atoms with Crippen molar-refractivity contribution in [2.24, 2.45) is 0 Å². The monoisotopic (exact) mass is 387 g/mol. The van der Waals surface area contributed by atoms with Gasteiger partial charge in [0.2, 0.25) is 6.10 Å². The van der Waals surface area contributed by atoms with Crippen LogP contribution < -0.4 is 9.47 Å². The number of carbonyl (C=O) groups is 1. The molecular formula is C20H21NO5S. The van der Waals surface area contributed by atoms with E-state index < -0.39 is 15.9 Å². The van der Waals surface area contributed by atoms with Gasteiger partial charge in [-0.05, 0) is 37.1 Å². The Morgan fingerprint density at radius 1 is 1.04 bits per heavy atom. The van der Waals surface area contributed by atoms with Gasteiger partial charge in [-0.25, -0.2) is 8.42 Å². The molecule has 2 aromatic carbocycles. The molecule has 0 bridgehead atoms. The molecule has 1 saturated heterocycles. The molecule has 1 amide bonds. The lowest BCUT2D eigenvalue weighted by Gasteiger charge is -2.31. The van der Waals surface area contributed by atoms with E-state index in [9.17, 15) is 13.2 Å². The molecule has 2 heterocycles. The number of sulfone groups is 1. The summed E-state index contributed by atoms with van der Waals surface area (Å²) < 4.78 is 36.8. The maximum Gasteiger partial charge on any atom is 0.267 e. The molecule has 0 aromatic heterocycles. The quantitative estimate of drug-likeness (QED) is 0.805. The van der Waals surface area contributed by atoms with Crippen LogP contribution in [-0.2, 0) is 14.6 Å². The Balaban J connectivity index is 1.48. The van der Waals surface area contributed by atoms with Crippen LogP contribution in [0.4, 0.5) is 0 Å². The van der Waals surface area contributed by atoms with Crippen LogP contribution in [0.1, 0.15) is 12.8 Å². The molecule has 1 fully saturated rings. The van der Waals surface area contributed by atoms with E-state index in [1.807, 2.05) is 12.1 Å². The summed E-state index contributed by atoms with van der Waals surface area (Å²) in [5, 5.41) is 0. The van der Waals surface area contributed by atoms with E-state index in [1.54, 1.807) is 47.4 Å². The Morgan fingerprint density at radius 2 is 1.74 bits per heavy atom. The molecule has 0 saturated carbocycles. The van der Waals surface area contributed by atoms with E-state index >= 15 is 0 Å². The summed E-state index contributed by atoms with van der Waals surface area (Å²) in [5.41, 5.74) is 0. The number of amides is 1. The first-order chi connectivity index (χ1) is 13.0. The molecule has 0 spiro atoms. The number of para-hydroxylation sites is 2. The minimum absolute atomic E-state index is 0.0765. The largest absolute Gasteiger partial charge is 0.485 e. The molecule has 0 aliphatic carbocycles. The maximum atomic E-state index is 13.0. The number of hydrogen-bond donors (Lipinski definition) is 0. The van der Waals surface area contributed by atoms with Gasteiger partial charge >= 0.3 is 0 Å². The maximum absolute atomic E-state index is 13.0. The van der Waals surface area contributed by atoms with E-state index in [0.717, 1.165) is 6.42 Å². The van der Waals surface area contributed by atoms with Crippen LogP contribution in [0.2, 0.25) is 0 Å². The zero-order chi connectivity index (χ0) is 18.9. The third-order valence-electron chi connectivity index (χ3n) is 4.96. The number of fused-ring (bicyclic) bond motifs is 1. The molecule has 4 rings (SSSR count). The molecule has 6 nitrogen and oxygen atoms in total. The fraction of sp³-hybridized carbons (Fsp3) is 0.350. The highest BCUT2D eigenvalue weighted by Gasteiger charge is 2.38. The van der Waals surface area contributed by atoms with E-state index in [2.05, 4.69) is 0 Å². The molecule has 2 aliphatic heterocycles. The van der Waals surface area contributed by atoms with E-state index in [0.29, 0.717) is 24.5 Å². The van der Waals surface area contributed by atoms with Crippen molar-refractivity contribution in [3.8, 4) is 11.5 Å². The minimum atomic E-state index is -3.46. The Bertz CT molecular complexity index is 928. The summed E-state index contributed by atoms with van der Waals surface area (Å²) >= 11 is 0. The second-order valence-electron chi connectivity index (χ2n) is 6.79. The highest BCUT2D eigenvalue weighted by Crippen LogP contribution is 2.32. The third-order valence-corrected chi connectivity index (χ3v) is 6.77. The van der Waals surface area contributed by atoms with Crippen LogP contribution in [0, 0.1) is 0 Å². The second-order valence-corrected chi connectivity index (χ2v) is 8.82. The molecule has 2 unspecified atom stereocenters. The average molecular weight is 387 g/mol. The second kappa shape index (κ2) is 7.23. The van der Waals surface area contributed by atoms with Crippen molar-refractivity contribution in [3.63, 3.8) is 0 Å². The molecule has 0 N–H and O–H groups in total. The predicted octanol–water partition coefficient (Wildman–Crippen LogP) is 2.29. The summed E-state index contributed by atoms with van der Waals surface area (Å²) in [6.07, 6.45) is 0.701. The van der Waals surface area contributed by atoms with Gasteiger partial charge in [-0.2, -0.15) is 0 Å². The van der Waals surface area contributed by atoms with Gasteiger partial charge in [-0.3, -0.25) is 4.79 Å². The summed E-state index contributed by atoms with van der Waals surface area (Å²) in [6, 6.07) is 15.2. The fourth-order valence-electron chi connectivity index (χ4n) is 3.60. The van der Waals surface area contributed by atoms with Gasteiger partial charge in [0.25, 0.3) is 5.91 Å². The smallest absolute Gasteiger partial charge is 0.267 e. The Kier molecular flexibility index (Phi) is 4.78. The number of hydrogen-bond acceptors (Lipinski definition) is 5. The first kappa shape index (κ1) is 17.9. The van der Waals surface area contributed by atoms with Crippen LogP contribution in [0.25, 0.3) is 0 Å². The summed E-state index contributed by atoms with van der Waals surface area (Å²) in [5.74, 6) is 0.864. The molecule has 2 atom stereocenters. The zero-order valence-corrected chi connectivity index (χ0v) is 15.6.